The van der Waals surface area contributed by atoms with Crippen LogP contribution >= 0.6 is 0 Å². The summed E-state index contributed by atoms with van der Waals surface area (Å²) in [5.74, 6) is -0.337. The minimum Gasteiger partial charge on any atom is -0.322 e. The first-order chi connectivity index (χ1) is 12.9. The lowest BCUT2D eigenvalue weighted by Gasteiger charge is -2.18. The minimum absolute atomic E-state index is 0.125. The quantitative estimate of drug-likeness (QED) is 0.691. The number of carbonyl (C=O) groups is 1. The molecule has 7 heteroatoms. The molecule has 2 aromatic carbocycles. The first kappa shape index (κ1) is 21.1. The van der Waals surface area contributed by atoms with E-state index < -0.39 is 10.0 Å². The third-order valence-electron chi connectivity index (χ3n) is 4.27. The van der Waals surface area contributed by atoms with Crippen LogP contribution in [-0.2, 0) is 16.6 Å². The Bertz CT molecular complexity index is 878. The van der Waals surface area contributed by atoms with Gasteiger partial charge in [-0.15, -0.1) is 0 Å². The summed E-state index contributed by atoms with van der Waals surface area (Å²) < 4.78 is 26.7. The number of nitrogens with one attached hydrogen (secondary N) is 2. The van der Waals surface area contributed by atoms with Crippen LogP contribution in [0, 0.1) is 0 Å². The molecule has 0 atom stereocenters. The van der Waals surface area contributed by atoms with Gasteiger partial charge in [0.15, 0.2) is 0 Å². The van der Waals surface area contributed by atoms with E-state index in [9.17, 15) is 13.2 Å². The fraction of sp³-hybridized carbons (Fsp3) is 0.350. The third kappa shape index (κ3) is 5.15. The van der Waals surface area contributed by atoms with Crippen LogP contribution in [0.1, 0.15) is 36.7 Å². The Morgan fingerprint density at radius 3 is 2.37 bits per heavy atom. The van der Waals surface area contributed by atoms with Gasteiger partial charge in [-0.1, -0.05) is 45.0 Å². The van der Waals surface area contributed by atoms with Gasteiger partial charge in [-0.2, -0.15) is 4.31 Å². The Hall–Kier alpha value is -2.22. The maximum absolute atomic E-state index is 12.7. The average molecular weight is 390 g/mol. The van der Waals surface area contributed by atoms with Crippen LogP contribution in [0.25, 0.3) is 0 Å². The molecular formula is C20H27N3O3S. The summed E-state index contributed by atoms with van der Waals surface area (Å²) in [5, 5.41) is 6.12. The molecular weight excluding hydrogens is 362 g/mol. The molecule has 0 saturated carbocycles. The van der Waals surface area contributed by atoms with Crippen LogP contribution in [0.5, 0.6) is 0 Å². The number of sulfonamides is 1. The molecule has 0 fully saturated rings. The Morgan fingerprint density at radius 1 is 1.00 bits per heavy atom. The van der Waals surface area contributed by atoms with E-state index in [4.69, 9.17) is 0 Å². The first-order valence-electron chi connectivity index (χ1n) is 9.14. The van der Waals surface area contributed by atoms with Gasteiger partial charge in [-0.3, -0.25) is 4.79 Å². The van der Waals surface area contributed by atoms with Crippen LogP contribution < -0.4 is 10.6 Å². The standard InChI is InChI=1S/C20H27N3O3S/c1-4-21-15-17-10-7-8-13-19(17)22-20(24)16-11-9-12-18(14-16)27(25,26)23(5-2)6-3/h7-14,21H,4-6,15H2,1-3H3,(H,22,24). The van der Waals surface area contributed by atoms with Crippen molar-refractivity contribution >= 4 is 21.6 Å². The zero-order valence-electron chi connectivity index (χ0n) is 16.0. The highest BCUT2D eigenvalue weighted by Gasteiger charge is 2.22. The van der Waals surface area contributed by atoms with Crippen molar-refractivity contribution in [3.05, 3.63) is 59.7 Å². The topological polar surface area (TPSA) is 78.5 Å². The van der Waals surface area contributed by atoms with E-state index in [2.05, 4.69) is 10.6 Å². The van der Waals surface area contributed by atoms with Crippen LogP contribution in [0.2, 0.25) is 0 Å². The highest BCUT2D eigenvalue weighted by Crippen LogP contribution is 2.19. The molecule has 6 nitrogen and oxygen atoms in total. The highest BCUT2D eigenvalue weighted by atomic mass is 32.2. The second-order valence-electron chi connectivity index (χ2n) is 6.01. The van der Waals surface area contributed by atoms with Crippen molar-refractivity contribution in [2.45, 2.75) is 32.2 Å². The molecule has 0 bridgehead atoms. The van der Waals surface area contributed by atoms with E-state index in [-0.39, 0.29) is 10.8 Å². The van der Waals surface area contributed by atoms with Gasteiger partial charge in [-0.05, 0) is 36.4 Å². The number of hydrogen-bond acceptors (Lipinski definition) is 4. The molecule has 27 heavy (non-hydrogen) atoms. The maximum Gasteiger partial charge on any atom is 0.255 e. The van der Waals surface area contributed by atoms with E-state index in [0.29, 0.717) is 30.9 Å². The molecule has 0 aromatic heterocycles. The maximum atomic E-state index is 12.7. The van der Waals surface area contributed by atoms with Crippen LogP contribution in [-0.4, -0.2) is 38.3 Å². The smallest absolute Gasteiger partial charge is 0.255 e. The third-order valence-corrected chi connectivity index (χ3v) is 6.32. The monoisotopic (exact) mass is 389 g/mol. The number of hydrogen-bond donors (Lipinski definition) is 2. The Kier molecular flexibility index (Phi) is 7.53. The van der Waals surface area contributed by atoms with Crippen molar-refractivity contribution in [3.8, 4) is 0 Å². The minimum atomic E-state index is -3.61. The van der Waals surface area contributed by atoms with E-state index >= 15 is 0 Å². The summed E-state index contributed by atoms with van der Waals surface area (Å²) in [6.07, 6.45) is 0. The molecule has 1 amide bonds. The highest BCUT2D eigenvalue weighted by molar-refractivity contribution is 7.89. The van der Waals surface area contributed by atoms with E-state index in [1.54, 1.807) is 26.0 Å². The Labute approximate surface area is 161 Å². The zero-order valence-corrected chi connectivity index (χ0v) is 16.8. The van der Waals surface area contributed by atoms with E-state index in [1.165, 1.54) is 16.4 Å². The number of amides is 1. The molecule has 0 spiro atoms. The van der Waals surface area contributed by atoms with Crippen molar-refractivity contribution in [1.29, 1.82) is 0 Å². The number of para-hydroxylation sites is 1. The lowest BCUT2D eigenvalue weighted by Crippen LogP contribution is -2.30. The lowest BCUT2D eigenvalue weighted by atomic mass is 10.1. The van der Waals surface area contributed by atoms with E-state index in [1.807, 2.05) is 31.2 Å². The van der Waals surface area contributed by atoms with Gasteiger partial charge in [0.2, 0.25) is 10.0 Å². The number of benzene rings is 2. The predicted octanol–water partition coefficient (Wildman–Crippen LogP) is 3.08. The fourth-order valence-corrected chi connectivity index (χ4v) is 4.27. The first-order valence-corrected chi connectivity index (χ1v) is 10.6. The van der Waals surface area contributed by atoms with Gasteiger partial charge in [0.05, 0.1) is 4.90 Å². The van der Waals surface area contributed by atoms with Crippen molar-refractivity contribution in [3.63, 3.8) is 0 Å². The molecule has 0 saturated heterocycles. The fourth-order valence-electron chi connectivity index (χ4n) is 2.76. The van der Waals surface area contributed by atoms with Crippen molar-refractivity contribution in [2.75, 3.05) is 25.0 Å². The Morgan fingerprint density at radius 2 is 1.70 bits per heavy atom. The largest absolute Gasteiger partial charge is 0.322 e. The summed E-state index contributed by atoms with van der Waals surface area (Å²) in [5.41, 5.74) is 1.99. The van der Waals surface area contributed by atoms with Gasteiger partial charge < -0.3 is 10.6 Å². The second-order valence-corrected chi connectivity index (χ2v) is 7.95. The summed E-state index contributed by atoms with van der Waals surface area (Å²) >= 11 is 0. The number of rotatable bonds is 9. The number of carbonyl (C=O) groups excluding carboxylic acids is 1. The molecule has 0 aliphatic carbocycles. The van der Waals surface area contributed by atoms with E-state index in [0.717, 1.165) is 12.1 Å². The SMILES string of the molecule is CCNCc1ccccc1NC(=O)c1cccc(S(=O)(=O)N(CC)CC)c1. The van der Waals surface area contributed by atoms with Crippen LogP contribution in [0.15, 0.2) is 53.4 Å². The van der Waals surface area contributed by atoms with Gasteiger partial charge in [0.1, 0.15) is 0 Å². The zero-order chi connectivity index (χ0) is 19.9. The van der Waals surface area contributed by atoms with Crippen molar-refractivity contribution in [1.82, 2.24) is 9.62 Å². The van der Waals surface area contributed by atoms with Crippen molar-refractivity contribution in [2.24, 2.45) is 0 Å². The molecule has 146 valence electrons. The molecule has 2 N–H and O–H groups in total. The molecule has 0 aliphatic heterocycles. The summed E-state index contributed by atoms with van der Waals surface area (Å²) in [7, 11) is -3.61. The molecule has 0 unspecified atom stereocenters. The van der Waals surface area contributed by atoms with Gasteiger partial charge >= 0.3 is 0 Å². The summed E-state index contributed by atoms with van der Waals surface area (Å²) in [6.45, 7) is 7.83. The van der Waals surface area contributed by atoms with Gasteiger partial charge in [0, 0.05) is 30.9 Å². The normalized spacial score (nSPS) is 11.6. The van der Waals surface area contributed by atoms with Crippen LogP contribution in [0.4, 0.5) is 5.69 Å². The molecule has 0 aliphatic rings. The summed E-state index contributed by atoms with van der Waals surface area (Å²) in [6, 6.07) is 13.7. The number of anilines is 1. The lowest BCUT2D eigenvalue weighted by molar-refractivity contribution is 0.102. The van der Waals surface area contributed by atoms with Crippen LogP contribution in [0.3, 0.4) is 0 Å². The Balaban J connectivity index is 2.26. The van der Waals surface area contributed by atoms with Gasteiger partial charge in [-0.25, -0.2) is 8.42 Å². The average Bonchev–Trinajstić information content (AvgIpc) is 2.68. The van der Waals surface area contributed by atoms with Gasteiger partial charge in [0.25, 0.3) is 5.91 Å². The number of nitrogens with zero attached hydrogens (tertiary/aromatic N) is 1. The summed E-state index contributed by atoms with van der Waals surface area (Å²) in [4.78, 5) is 12.8. The second kappa shape index (κ2) is 9.64. The molecule has 2 rings (SSSR count). The predicted molar refractivity (Wildman–Crippen MR) is 108 cm³/mol. The molecule has 2 aromatic rings. The molecule has 0 radical (unpaired) electrons. The molecule has 0 heterocycles. The van der Waals surface area contributed by atoms with Crippen molar-refractivity contribution < 1.29 is 13.2 Å².